The van der Waals surface area contributed by atoms with Gasteiger partial charge in [-0.2, -0.15) is 8.78 Å². The van der Waals surface area contributed by atoms with Gasteiger partial charge < -0.3 is 9.47 Å². The van der Waals surface area contributed by atoms with Gasteiger partial charge >= 0.3 is 5.97 Å². The average Bonchev–Trinajstić information content (AvgIpc) is 2.82. The maximum Gasteiger partial charge on any atom is 0.314 e. The predicted octanol–water partition coefficient (Wildman–Crippen LogP) is 7.98. The van der Waals surface area contributed by atoms with Crippen LogP contribution < -0.4 is 9.47 Å². The molecule has 0 aliphatic heterocycles. The Hall–Kier alpha value is -1.91. The van der Waals surface area contributed by atoms with Crippen molar-refractivity contribution in [3.05, 3.63) is 36.1 Å². The molecule has 5 heteroatoms. The summed E-state index contributed by atoms with van der Waals surface area (Å²) in [4.78, 5) is 12.6. The van der Waals surface area contributed by atoms with Crippen LogP contribution in [0.2, 0.25) is 0 Å². The van der Waals surface area contributed by atoms with Crippen molar-refractivity contribution >= 4 is 5.97 Å². The maximum atomic E-state index is 14.3. The molecule has 0 N–H and O–H groups in total. The van der Waals surface area contributed by atoms with Gasteiger partial charge in [0.25, 0.3) is 0 Å². The van der Waals surface area contributed by atoms with Gasteiger partial charge in [-0.05, 0) is 75.3 Å². The molecule has 0 aromatic heterocycles. The lowest BCUT2D eigenvalue weighted by atomic mass is 9.68. The summed E-state index contributed by atoms with van der Waals surface area (Å²) in [7, 11) is 0. The lowest BCUT2D eigenvalue weighted by molar-refractivity contribution is -0.140. The van der Waals surface area contributed by atoms with Crippen LogP contribution in [0, 0.1) is 35.3 Å². The van der Waals surface area contributed by atoms with E-state index >= 15 is 0 Å². The van der Waals surface area contributed by atoms with Crippen molar-refractivity contribution in [1.82, 2.24) is 0 Å². The summed E-state index contributed by atoms with van der Waals surface area (Å²) in [5.74, 6) is -1.26. The third-order valence-corrected chi connectivity index (χ3v) is 7.43. The molecule has 3 nitrogen and oxygen atoms in total. The normalized spacial score (nSPS) is 26.2. The van der Waals surface area contributed by atoms with E-state index in [1.165, 1.54) is 69.8 Å². The summed E-state index contributed by atoms with van der Waals surface area (Å²) in [6.07, 6.45) is 17.2. The van der Waals surface area contributed by atoms with Crippen molar-refractivity contribution in [2.24, 2.45) is 23.7 Å². The zero-order valence-electron chi connectivity index (χ0n) is 19.6. The lowest BCUT2D eigenvalue weighted by Gasteiger charge is -2.37. The third-order valence-electron chi connectivity index (χ3n) is 7.43. The number of hydrogen-bond donors (Lipinski definition) is 0. The summed E-state index contributed by atoms with van der Waals surface area (Å²) in [6, 6.07) is 2.52. The number of rotatable bonds is 9. The minimum atomic E-state index is -1.19. The molecule has 2 aliphatic rings. The van der Waals surface area contributed by atoms with E-state index in [2.05, 4.69) is 6.92 Å². The van der Waals surface area contributed by atoms with Gasteiger partial charge in [-0.15, -0.1) is 0 Å². The van der Waals surface area contributed by atoms with Crippen LogP contribution in [0.1, 0.15) is 90.9 Å². The minimum absolute atomic E-state index is 0.235. The fourth-order valence-electron chi connectivity index (χ4n) is 5.47. The van der Waals surface area contributed by atoms with Crippen LogP contribution in [0.3, 0.4) is 0 Å². The van der Waals surface area contributed by atoms with Crippen LogP contribution in [0.25, 0.3) is 0 Å². The first kappa shape index (κ1) is 24.7. The molecule has 1 aromatic rings. The molecule has 0 saturated heterocycles. The Morgan fingerprint density at radius 1 is 0.938 bits per heavy atom. The average molecular weight is 449 g/mol. The summed E-state index contributed by atoms with van der Waals surface area (Å²) in [6.45, 7) is 3.97. The molecular weight excluding hydrogens is 410 g/mol. The second-order valence-corrected chi connectivity index (χ2v) is 9.59. The van der Waals surface area contributed by atoms with E-state index in [1.807, 2.05) is 0 Å². The van der Waals surface area contributed by atoms with E-state index in [0.717, 1.165) is 37.5 Å². The highest BCUT2D eigenvalue weighted by atomic mass is 19.2. The van der Waals surface area contributed by atoms with Gasteiger partial charge in [0.1, 0.15) is 0 Å². The van der Waals surface area contributed by atoms with Crippen molar-refractivity contribution in [3.63, 3.8) is 0 Å². The molecular formula is C27H38F2O3. The van der Waals surface area contributed by atoms with Crippen molar-refractivity contribution in [2.45, 2.75) is 90.9 Å². The Balaban J connectivity index is 1.44. The summed E-state index contributed by atoms with van der Waals surface area (Å²) >= 11 is 0. The molecule has 0 radical (unpaired) electrons. The van der Waals surface area contributed by atoms with E-state index in [0.29, 0.717) is 5.92 Å². The molecule has 178 valence electrons. The van der Waals surface area contributed by atoms with E-state index in [-0.39, 0.29) is 17.4 Å². The van der Waals surface area contributed by atoms with E-state index in [9.17, 15) is 13.6 Å². The third kappa shape index (κ3) is 6.55. The van der Waals surface area contributed by atoms with Crippen LogP contribution in [-0.2, 0) is 4.79 Å². The molecule has 0 unspecified atom stereocenters. The maximum absolute atomic E-state index is 14.3. The van der Waals surface area contributed by atoms with Gasteiger partial charge in [0.2, 0.25) is 11.6 Å². The van der Waals surface area contributed by atoms with Gasteiger partial charge in [0.15, 0.2) is 11.5 Å². The number of ether oxygens (including phenoxy) is 2. The van der Waals surface area contributed by atoms with Crippen LogP contribution in [0.5, 0.6) is 11.5 Å². The van der Waals surface area contributed by atoms with Gasteiger partial charge in [-0.1, -0.05) is 51.5 Å². The number of hydrogen-bond acceptors (Lipinski definition) is 3. The summed E-state index contributed by atoms with van der Waals surface area (Å²) in [5.41, 5.74) is 0. The zero-order valence-corrected chi connectivity index (χ0v) is 19.6. The number of halogens is 2. The van der Waals surface area contributed by atoms with Gasteiger partial charge in [0, 0.05) is 0 Å². The Kier molecular flexibility index (Phi) is 9.55. The Bertz CT molecular complexity index is 760. The molecule has 2 aliphatic carbocycles. The highest BCUT2D eigenvalue weighted by Gasteiger charge is 2.34. The molecule has 0 spiro atoms. The van der Waals surface area contributed by atoms with Crippen molar-refractivity contribution < 1.29 is 23.0 Å². The fraction of sp³-hybridized carbons (Fsp3) is 0.667. The number of carbonyl (C=O) groups is 1. The Morgan fingerprint density at radius 2 is 1.53 bits per heavy atom. The van der Waals surface area contributed by atoms with Crippen LogP contribution >= 0.6 is 0 Å². The molecule has 32 heavy (non-hydrogen) atoms. The van der Waals surface area contributed by atoms with Crippen LogP contribution in [0.4, 0.5) is 8.78 Å². The minimum Gasteiger partial charge on any atom is -0.462 e. The fourth-order valence-corrected chi connectivity index (χ4v) is 5.47. The molecule has 1 aromatic carbocycles. The molecule has 2 fully saturated rings. The van der Waals surface area contributed by atoms with Gasteiger partial charge in [0.05, 0.1) is 12.2 Å². The predicted molar refractivity (Wildman–Crippen MR) is 122 cm³/mol. The van der Waals surface area contributed by atoms with Crippen molar-refractivity contribution in [3.8, 4) is 11.5 Å². The highest BCUT2D eigenvalue weighted by Crippen LogP contribution is 2.42. The molecule has 0 atom stereocenters. The standard InChI is InChI=1S/C27H38F2O3/c1-3-5-6-7-19-8-10-20(11-9-19)21-12-14-22(15-13-21)27(30)32-24-17-16-23(31-18-4-2)25(28)26(24)29/h4,16-22H,3,5-15H2,1-2H3. The SMILES string of the molecule is CC=COc1ccc(OC(=O)C2CCC(C3CCC(CCCCC)CC3)CC2)c(F)c1F. The number of benzene rings is 1. The number of allylic oxidation sites excluding steroid dienone is 1. The quantitative estimate of drug-likeness (QED) is 0.166. The monoisotopic (exact) mass is 448 g/mol. The van der Waals surface area contributed by atoms with Crippen molar-refractivity contribution in [1.29, 1.82) is 0 Å². The second kappa shape index (κ2) is 12.4. The first-order chi connectivity index (χ1) is 15.5. The van der Waals surface area contributed by atoms with Crippen LogP contribution in [0.15, 0.2) is 24.5 Å². The number of esters is 1. The van der Waals surface area contributed by atoms with Crippen molar-refractivity contribution in [2.75, 3.05) is 0 Å². The van der Waals surface area contributed by atoms with Gasteiger partial charge in [-0.25, -0.2) is 0 Å². The molecule has 3 rings (SSSR count). The van der Waals surface area contributed by atoms with Gasteiger partial charge in [-0.3, -0.25) is 4.79 Å². The first-order valence-corrected chi connectivity index (χ1v) is 12.5. The number of carbonyl (C=O) groups excluding carboxylic acids is 1. The lowest BCUT2D eigenvalue weighted by Crippen LogP contribution is -2.30. The smallest absolute Gasteiger partial charge is 0.314 e. The molecule has 0 bridgehead atoms. The first-order valence-electron chi connectivity index (χ1n) is 12.5. The zero-order chi connectivity index (χ0) is 22.9. The second-order valence-electron chi connectivity index (χ2n) is 9.59. The van der Waals surface area contributed by atoms with E-state index in [4.69, 9.17) is 9.47 Å². The molecule has 0 amide bonds. The summed E-state index contributed by atoms with van der Waals surface area (Å²) < 4.78 is 38.7. The molecule has 2 saturated carbocycles. The largest absolute Gasteiger partial charge is 0.462 e. The Morgan fingerprint density at radius 3 is 2.16 bits per heavy atom. The molecule has 0 heterocycles. The topological polar surface area (TPSA) is 35.5 Å². The Labute approximate surface area is 191 Å². The highest BCUT2D eigenvalue weighted by molar-refractivity contribution is 5.75. The number of unbranched alkanes of at least 4 members (excludes halogenated alkanes) is 2. The van der Waals surface area contributed by atoms with Crippen LogP contribution in [-0.4, -0.2) is 5.97 Å². The summed E-state index contributed by atoms with van der Waals surface area (Å²) in [5, 5.41) is 0. The van der Waals surface area contributed by atoms with E-state index in [1.54, 1.807) is 13.0 Å². The van der Waals surface area contributed by atoms with E-state index < -0.39 is 17.6 Å².